The molecule has 0 radical (unpaired) electrons. The van der Waals surface area contributed by atoms with Crippen LogP contribution in [0.2, 0.25) is 0 Å². The first-order chi connectivity index (χ1) is 13.9. The van der Waals surface area contributed by atoms with Gasteiger partial charge in [0.25, 0.3) is 5.91 Å². The van der Waals surface area contributed by atoms with Gasteiger partial charge >= 0.3 is 0 Å². The van der Waals surface area contributed by atoms with E-state index in [1.54, 1.807) is 36.4 Å². The highest BCUT2D eigenvalue weighted by molar-refractivity contribution is 9.10. The van der Waals surface area contributed by atoms with Crippen LogP contribution in [0.4, 0.5) is 15.8 Å². The molecule has 0 aliphatic heterocycles. The number of carbonyl (C=O) groups excluding carboxylic acids is 2. The third kappa shape index (κ3) is 3.80. The number of halogens is 2. The third-order valence-corrected chi connectivity index (χ3v) is 5.26. The second-order valence-electron chi connectivity index (χ2n) is 6.82. The molecule has 2 aromatic carbocycles. The molecule has 8 heteroatoms. The maximum atomic E-state index is 14.3. The molecule has 4 rings (SSSR count). The molecular weight excluding hydrogens is 439 g/mol. The lowest BCUT2D eigenvalue weighted by Gasteiger charge is -2.11. The van der Waals surface area contributed by atoms with Crippen molar-refractivity contribution in [2.24, 2.45) is 0 Å². The Bertz CT molecular complexity index is 1130. The molecule has 0 fully saturated rings. The van der Waals surface area contributed by atoms with E-state index in [1.807, 2.05) is 0 Å². The minimum Gasteiger partial charge on any atom is -0.325 e. The first-order valence-corrected chi connectivity index (χ1v) is 9.97. The number of nitrogens with zero attached hydrogens (tertiary/aromatic N) is 2. The Kier molecular flexibility index (Phi) is 5.19. The number of carbonyl (C=O) groups is 2. The molecule has 0 saturated heterocycles. The number of rotatable bonds is 4. The zero-order valence-corrected chi connectivity index (χ0v) is 17.2. The van der Waals surface area contributed by atoms with E-state index in [0.717, 1.165) is 28.6 Å². The van der Waals surface area contributed by atoms with Crippen LogP contribution < -0.4 is 10.6 Å². The molecule has 148 valence electrons. The quantitative estimate of drug-likeness (QED) is 0.607. The van der Waals surface area contributed by atoms with E-state index in [9.17, 15) is 14.0 Å². The number of amides is 2. The summed E-state index contributed by atoms with van der Waals surface area (Å²) in [6.07, 6.45) is 2.33. The monoisotopic (exact) mass is 456 g/mol. The average Bonchev–Trinajstić information content (AvgIpc) is 3.27. The summed E-state index contributed by atoms with van der Waals surface area (Å²) < 4.78 is 16.6. The fourth-order valence-electron chi connectivity index (χ4n) is 3.54. The van der Waals surface area contributed by atoms with Crippen LogP contribution >= 0.6 is 15.9 Å². The number of para-hydroxylation sites is 1. The van der Waals surface area contributed by atoms with Gasteiger partial charge < -0.3 is 10.6 Å². The summed E-state index contributed by atoms with van der Waals surface area (Å²) >= 11 is 3.38. The summed E-state index contributed by atoms with van der Waals surface area (Å²) in [6.45, 7) is 1.40. The van der Waals surface area contributed by atoms with Crippen LogP contribution in [0.1, 0.15) is 35.1 Å². The van der Waals surface area contributed by atoms with E-state index in [-0.39, 0.29) is 11.6 Å². The first kappa shape index (κ1) is 19.3. The van der Waals surface area contributed by atoms with Crippen molar-refractivity contribution in [2.45, 2.75) is 26.2 Å². The van der Waals surface area contributed by atoms with Crippen molar-refractivity contribution in [1.29, 1.82) is 0 Å². The lowest BCUT2D eigenvalue weighted by Crippen LogP contribution is -2.17. The minimum atomic E-state index is -0.400. The van der Waals surface area contributed by atoms with Crippen LogP contribution in [0.3, 0.4) is 0 Å². The molecular formula is C21H18BrFN4O2. The van der Waals surface area contributed by atoms with Gasteiger partial charge in [0.1, 0.15) is 11.5 Å². The highest BCUT2D eigenvalue weighted by Crippen LogP contribution is 2.31. The molecule has 1 aliphatic rings. The molecule has 1 aliphatic carbocycles. The maximum Gasteiger partial charge on any atom is 0.276 e. The molecule has 0 bridgehead atoms. The Balaban J connectivity index is 1.71. The van der Waals surface area contributed by atoms with Gasteiger partial charge in [0.05, 0.1) is 11.4 Å². The summed E-state index contributed by atoms with van der Waals surface area (Å²) in [5, 5.41) is 9.97. The van der Waals surface area contributed by atoms with E-state index in [1.165, 1.54) is 17.7 Å². The molecule has 0 spiro atoms. The molecule has 0 unspecified atom stereocenters. The van der Waals surface area contributed by atoms with Gasteiger partial charge in [0.15, 0.2) is 5.69 Å². The number of benzene rings is 2. The van der Waals surface area contributed by atoms with Crippen molar-refractivity contribution >= 4 is 39.1 Å². The highest BCUT2D eigenvalue weighted by Gasteiger charge is 2.28. The van der Waals surface area contributed by atoms with E-state index in [4.69, 9.17) is 0 Å². The van der Waals surface area contributed by atoms with Gasteiger partial charge in [-0.05, 0) is 49.6 Å². The Morgan fingerprint density at radius 2 is 1.90 bits per heavy atom. The molecule has 2 N–H and O–H groups in total. The molecule has 6 nitrogen and oxygen atoms in total. The summed E-state index contributed by atoms with van der Waals surface area (Å²) in [5.74, 6) is -1.04. The van der Waals surface area contributed by atoms with Gasteiger partial charge in [-0.3, -0.25) is 9.59 Å². The van der Waals surface area contributed by atoms with Gasteiger partial charge in [0, 0.05) is 22.7 Å². The number of nitrogens with one attached hydrogen (secondary N) is 2. The van der Waals surface area contributed by atoms with Crippen molar-refractivity contribution in [1.82, 2.24) is 9.78 Å². The minimum absolute atomic E-state index is 0.243. The highest BCUT2D eigenvalue weighted by atomic mass is 79.9. The van der Waals surface area contributed by atoms with E-state index in [0.29, 0.717) is 23.5 Å². The van der Waals surface area contributed by atoms with Crippen LogP contribution in [0.25, 0.3) is 5.69 Å². The van der Waals surface area contributed by atoms with Crippen LogP contribution in [0.15, 0.2) is 46.9 Å². The Morgan fingerprint density at radius 1 is 1.10 bits per heavy atom. The zero-order valence-electron chi connectivity index (χ0n) is 15.6. The topological polar surface area (TPSA) is 76.0 Å². The van der Waals surface area contributed by atoms with Crippen molar-refractivity contribution in [3.8, 4) is 5.69 Å². The molecule has 2 amide bonds. The van der Waals surface area contributed by atoms with Gasteiger partial charge in [-0.1, -0.05) is 28.1 Å². The Morgan fingerprint density at radius 3 is 2.66 bits per heavy atom. The predicted octanol–water partition coefficient (Wildman–Crippen LogP) is 4.47. The first-order valence-electron chi connectivity index (χ1n) is 9.18. The molecule has 1 heterocycles. The van der Waals surface area contributed by atoms with E-state index < -0.39 is 11.7 Å². The van der Waals surface area contributed by atoms with Crippen LogP contribution in [0.5, 0.6) is 0 Å². The largest absolute Gasteiger partial charge is 0.325 e. The van der Waals surface area contributed by atoms with Gasteiger partial charge in [0.2, 0.25) is 5.91 Å². The predicted molar refractivity (Wildman–Crippen MR) is 112 cm³/mol. The van der Waals surface area contributed by atoms with Crippen LogP contribution in [-0.2, 0) is 17.6 Å². The standard InChI is InChI=1S/C21H18BrFN4O2/c1-12(28)24-16-10-9-13(22)11-17(16)25-21(29)20-14-5-4-8-18(14)27(26-20)19-7-3-2-6-15(19)23/h2-3,6-7,9-11H,4-5,8H2,1H3,(H,24,28)(H,25,29). The molecule has 0 atom stereocenters. The van der Waals surface area contributed by atoms with Gasteiger partial charge in [-0.25, -0.2) is 9.07 Å². The summed E-state index contributed by atoms with van der Waals surface area (Å²) in [7, 11) is 0. The van der Waals surface area contributed by atoms with Gasteiger partial charge in [-0.2, -0.15) is 5.10 Å². The summed E-state index contributed by atoms with van der Waals surface area (Å²) in [4.78, 5) is 24.5. The number of hydrogen-bond donors (Lipinski definition) is 2. The number of anilines is 2. The van der Waals surface area contributed by atoms with E-state index in [2.05, 4.69) is 31.7 Å². The van der Waals surface area contributed by atoms with Crippen molar-refractivity contribution in [3.63, 3.8) is 0 Å². The zero-order chi connectivity index (χ0) is 20.5. The summed E-state index contributed by atoms with van der Waals surface area (Å²) in [5.41, 5.74) is 3.23. The average molecular weight is 457 g/mol. The molecule has 29 heavy (non-hydrogen) atoms. The smallest absolute Gasteiger partial charge is 0.276 e. The maximum absolute atomic E-state index is 14.3. The number of aromatic nitrogens is 2. The van der Waals surface area contributed by atoms with Crippen molar-refractivity contribution in [2.75, 3.05) is 10.6 Å². The Labute approximate surface area is 175 Å². The second-order valence-corrected chi connectivity index (χ2v) is 7.73. The van der Waals surface area contributed by atoms with Gasteiger partial charge in [-0.15, -0.1) is 0 Å². The summed E-state index contributed by atoms with van der Waals surface area (Å²) in [6, 6.07) is 11.5. The van der Waals surface area contributed by atoms with Crippen molar-refractivity contribution < 1.29 is 14.0 Å². The lowest BCUT2D eigenvalue weighted by molar-refractivity contribution is -0.114. The van der Waals surface area contributed by atoms with Crippen LogP contribution in [0, 0.1) is 5.82 Å². The molecule has 3 aromatic rings. The second kappa shape index (κ2) is 7.79. The lowest BCUT2D eigenvalue weighted by atomic mass is 10.2. The Hall–Kier alpha value is -3.00. The molecule has 0 saturated carbocycles. The number of fused-ring (bicyclic) bond motifs is 1. The number of hydrogen-bond acceptors (Lipinski definition) is 3. The SMILES string of the molecule is CC(=O)Nc1ccc(Br)cc1NC(=O)c1nn(-c2ccccc2F)c2c1CCC2. The van der Waals surface area contributed by atoms with Crippen molar-refractivity contribution in [3.05, 3.63) is 69.7 Å². The van der Waals surface area contributed by atoms with Crippen LogP contribution in [-0.4, -0.2) is 21.6 Å². The normalized spacial score (nSPS) is 12.5. The fourth-order valence-corrected chi connectivity index (χ4v) is 3.90. The molecule has 1 aromatic heterocycles. The van der Waals surface area contributed by atoms with E-state index >= 15 is 0 Å². The fraction of sp³-hybridized carbons (Fsp3) is 0.190. The third-order valence-electron chi connectivity index (χ3n) is 4.77.